The van der Waals surface area contributed by atoms with Crippen LogP contribution in [0.4, 0.5) is 10.5 Å². The van der Waals surface area contributed by atoms with E-state index in [0.717, 1.165) is 4.90 Å². The van der Waals surface area contributed by atoms with Crippen molar-refractivity contribution in [2.45, 2.75) is 12.5 Å². The molecule has 0 aromatic heterocycles. The van der Waals surface area contributed by atoms with Crippen LogP contribution < -0.4 is 10.6 Å². The second-order valence-corrected chi connectivity index (χ2v) is 6.43. The number of methoxy groups -OCH3 is 1. The van der Waals surface area contributed by atoms with Crippen LogP contribution in [0.2, 0.25) is 0 Å². The number of hydrogen-bond acceptors (Lipinski definition) is 5. The van der Waals surface area contributed by atoms with Gasteiger partial charge in [-0.1, -0.05) is 36.4 Å². The fraction of sp³-hybridized carbons (Fsp3) is 0.200. The summed E-state index contributed by atoms with van der Waals surface area (Å²) in [6.07, 6.45) is 0. The van der Waals surface area contributed by atoms with Gasteiger partial charge in [0.1, 0.15) is 12.1 Å². The molecule has 8 heteroatoms. The number of anilines is 1. The maximum Gasteiger partial charge on any atom is 0.337 e. The number of carbonyl (C=O) groups is 4. The molecule has 0 spiro atoms. The Kier molecular flexibility index (Phi) is 5.12. The van der Waals surface area contributed by atoms with E-state index in [9.17, 15) is 19.2 Å². The number of rotatable bonds is 5. The van der Waals surface area contributed by atoms with Crippen LogP contribution in [0.15, 0.2) is 54.6 Å². The fourth-order valence-corrected chi connectivity index (χ4v) is 2.99. The molecule has 1 heterocycles. The Balaban J connectivity index is 1.72. The lowest BCUT2D eigenvalue weighted by Gasteiger charge is -2.22. The number of carbonyl (C=O) groups excluding carboxylic acids is 4. The summed E-state index contributed by atoms with van der Waals surface area (Å²) in [4.78, 5) is 49.9. The third-order valence-corrected chi connectivity index (χ3v) is 4.50. The van der Waals surface area contributed by atoms with Gasteiger partial charge in [-0.3, -0.25) is 14.5 Å². The summed E-state index contributed by atoms with van der Waals surface area (Å²) in [6, 6.07) is 14.3. The first-order chi connectivity index (χ1) is 13.3. The van der Waals surface area contributed by atoms with Gasteiger partial charge < -0.3 is 15.4 Å². The molecule has 1 fully saturated rings. The molecule has 1 atom stereocenters. The van der Waals surface area contributed by atoms with Crippen molar-refractivity contribution < 1.29 is 23.9 Å². The van der Waals surface area contributed by atoms with Crippen LogP contribution in [0, 0.1) is 0 Å². The Morgan fingerprint density at radius 2 is 1.82 bits per heavy atom. The van der Waals surface area contributed by atoms with Gasteiger partial charge >= 0.3 is 12.0 Å². The zero-order valence-corrected chi connectivity index (χ0v) is 15.4. The van der Waals surface area contributed by atoms with E-state index in [2.05, 4.69) is 15.4 Å². The van der Waals surface area contributed by atoms with Crippen molar-refractivity contribution in [2.75, 3.05) is 19.0 Å². The number of amides is 4. The Hall–Kier alpha value is -3.68. The van der Waals surface area contributed by atoms with E-state index in [1.165, 1.54) is 13.2 Å². The SMILES string of the molecule is COC(=O)c1cccc(NC(=O)CN2C(=O)NC(C)(c3ccccc3)C2=O)c1. The Morgan fingerprint density at radius 1 is 1.11 bits per heavy atom. The largest absolute Gasteiger partial charge is 0.465 e. The molecule has 3 rings (SSSR count). The van der Waals surface area contributed by atoms with Crippen LogP contribution in [0.5, 0.6) is 0 Å². The number of benzene rings is 2. The molecule has 0 saturated carbocycles. The topological polar surface area (TPSA) is 105 Å². The molecule has 28 heavy (non-hydrogen) atoms. The van der Waals surface area contributed by atoms with Gasteiger partial charge in [0.15, 0.2) is 0 Å². The predicted molar refractivity (Wildman–Crippen MR) is 100 cm³/mol. The molecule has 1 aliphatic heterocycles. The van der Waals surface area contributed by atoms with Gasteiger partial charge in [0.25, 0.3) is 5.91 Å². The monoisotopic (exact) mass is 381 g/mol. The third kappa shape index (κ3) is 3.57. The van der Waals surface area contributed by atoms with Crippen LogP contribution in [0.3, 0.4) is 0 Å². The molecule has 2 N–H and O–H groups in total. The van der Waals surface area contributed by atoms with Crippen LogP contribution in [0.1, 0.15) is 22.8 Å². The van der Waals surface area contributed by atoms with Crippen LogP contribution in [0.25, 0.3) is 0 Å². The van der Waals surface area contributed by atoms with Gasteiger partial charge in [-0.05, 0) is 30.7 Å². The average Bonchev–Trinajstić information content (AvgIpc) is 2.92. The van der Waals surface area contributed by atoms with Gasteiger partial charge in [-0.15, -0.1) is 0 Å². The lowest BCUT2D eigenvalue weighted by atomic mass is 9.92. The van der Waals surface area contributed by atoms with Gasteiger partial charge in [-0.2, -0.15) is 0 Å². The van der Waals surface area contributed by atoms with Gasteiger partial charge in [0, 0.05) is 5.69 Å². The second kappa shape index (κ2) is 7.51. The molecule has 1 saturated heterocycles. The maximum absolute atomic E-state index is 12.8. The molecular weight excluding hydrogens is 362 g/mol. The van der Waals surface area contributed by atoms with Crippen molar-refractivity contribution in [2.24, 2.45) is 0 Å². The van der Waals surface area contributed by atoms with Gasteiger partial charge in [0.05, 0.1) is 12.7 Å². The highest BCUT2D eigenvalue weighted by Gasteiger charge is 2.49. The maximum atomic E-state index is 12.8. The van der Waals surface area contributed by atoms with Crippen molar-refractivity contribution in [3.8, 4) is 0 Å². The predicted octanol–water partition coefficient (Wildman–Crippen LogP) is 1.88. The molecular formula is C20H19N3O5. The molecule has 1 aliphatic rings. The lowest BCUT2D eigenvalue weighted by molar-refractivity contribution is -0.133. The van der Waals surface area contributed by atoms with Gasteiger partial charge in [-0.25, -0.2) is 9.59 Å². The molecule has 0 bridgehead atoms. The molecule has 144 valence electrons. The minimum absolute atomic E-state index is 0.270. The molecule has 2 aromatic carbocycles. The highest BCUT2D eigenvalue weighted by atomic mass is 16.5. The number of nitrogens with zero attached hydrogens (tertiary/aromatic N) is 1. The Bertz CT molecular complexity index is 944. The smallest absolute Gasteiger partial charge is 0.337 e. The van der Waals surface area contributed by atoms with E-state index < -0.39 is 35.9 Å². The summed E-state index contributed by atoms with van der Waals surface area (Å²) in [5, 5.41) is 5.22. The number of nitrogens with one attached hydrogen (secondary N) is 2. The first-order valence-electron chi connectivity index (χ1n) is 8.53. The average molecular weight is 381 g/mol. The molecule has 0 radical (unpaired) electrons. The number of ether oxygens (including phenoxy) is 1. The van der Waals surface area contributed by atoms with Crippen LogP contribution in [-0.4, -0.2) is 42.4 Å². The fourth-order valence-electron chi connectivity index (χ4n) is 2.99. The lowest BCUT2D eigenvalue weighted by Crippen LogP contribution is -2.42. The minimum atomic E-state index is -1.23. The van der Waals surface area contributed by atoms with Crippen molar-refractivity contribution in [1.82, 2.24) is 10.2 Å². The molecule has 2 aromatic rings. The zero-order valence-electron chi connectivity index (χ0n) is 15.4. The van der Waals surface area contributed by atoms with Gasteiger partial charge in [0.2, 0.25) is 5.91 Å². The van der Waals surface area contributed by atoms with E-state index >= 15 is 0 Å². The van der Waals surface area contributed by atoms with E-state index in [0.29, 0.717) is 11.3 Å². The number of hydrogen-bond donors (Lipinski definition) is 2. The van der Waals surface area contributed by atoms with Crippen molar-refractivity contribution in [3.05, 3.63) is 65.7 Å². The molecule has 0 aliphatic carbocycles. The standard InChI is InChI=1S/C20H19N3O5/c1-20(14-8-4-3-5-9-14)18(26)23(19(27)22-20)12-16(24)21-15-10-6-7-13(11-15)17(25)28-2/h3-11H,12H2,1-2H3,(H,21,24)(H,22,27). The first kappa shape index (κ1) is 19.1. The number of esters is 1. The zero-order chi connectivity index (χ0) is 20.3. The summed E-state index contributed by atoms with van der Waals surface area (Å²) in [6.45, 7) is 1.15. The number of imide groups is 1. The molecule has 4 amide bonds. The summed E-state index contributed by atoms with van der Waals surface area (Å²) < 4.78 is 4.64. The minimum Gasteiger partial charge on any atom is -0.465 e. The normalized spacial score (nSPS) is 18.6. The van der Waals surface area contributed by atoms with E-state index in [4.69, 9.17) is 0 Å². The summed E-state index contributed by atoms with van der Waals surface area (Å²) in [5.74, 6) is -1.62. The summed E-state index contributed by atoms with van der Waals surface area (Å²) in [7, 11) is 1.26. The third-order valence-electron chi connectivity index (χ3n) is 4.50. The first-order valence-corrected chi connectivity index (χ1v) is 8.53. The molecule has 1 unspecified atom stereocenters. The highest BCUT2D eigenvalue weighted by Crippen LogP contribution is 2.28. The van der Waals surface area contributed by atoms with Crippen molar-refractivity contribution in [3.63, 3.8) is 0 Å². The summed E-state index contributed by atoms with van der Waals surface area (Å²) >= 11 is 0. The van der Waals surface area contributed by atoms with E-state index in [-0.39, 0.29) is 5.56 Å². The highest BCUT2D eigenvalue weighted by molar-refractivity contribution is 6.10. The van der Waals surface area contributed by atoms with Crippen molar-refractivity contribution >= 4 is 29.5 Å². The quantitative estimate of drug-likeness (QED) is 0.608. The second-order valence-electron chi connectivity index (χ2n) is 6.43. The number of urea groups is 1. The van der Waals surface area contributed by atoms with E-state index in [1.54, 1.807) is 49.4 Å². The Labute approximate surface area is 161 Å². The molecule has 8 nitrogen and oxygen atoms in total. The summed E-state index contributed by atoms with van der Waals surface area (Å²) in [5.41, 5.74) is 0.0171. The van der Waals surface area contributed by atoms with Crippen LogP contribution in [-0.2, 0) is 19.9 Å². The van der Waals surface area contributed by atoms with Crippen LogP contribution >= 0.6 is 0 Å². The van der Waals surface area contributed by atoms with E-state index in [1.807, 2.05) is 6.07 Å². The Morgan fingerprint density at radius 3 is 2.50 bits per heavy atom. The van der Waals surface area contributed by atoms with Crippen molar-refractivity contribution in [1.29, 1.82) is 0 Å².